The molecular formula is C11H17N3O2S. The Hall–Kier alpha value is -0.980. The first-order valence-electron chi connectivity index (χ1n) is 5.85. The smallest absolute Gasteiger partial charge is 0.355 e. The third kappa shape index (κ3) is 3.02. The molecule has 2 rings (SSSR count). The number of nitrogens with zero attached hydrogens (tertiary/aromatic N) is 2. The lowest BCUT2D eigenvalue weighted by atomic mass is 10.3. The summed E-state index contributed by atoms with van der Waals surface area (Å²) in [4.78, 5) is 18.4. The van der Waals surface area contributed by atoms with Gasteiger partial charge in [-0.05, 0) is 6.42 Å². The van der Waals surface area contributed by atoms with Gasteiger partial charge in [0.05, 0.1) is 9.88 Å². The van der Waals surface area contributed by atoms with Gasteiger partial charge in [0.15, 0.2) is 5.69 Å². The topological polar surface area (TPSA) is 65.5 Å². The number of piperazine rings is 1. The summed E-state index contributed by atoms with van der Waals surface area (Å²) in [6.07, 6.45) is 0.798. The monoisotopic (exact) mass is 255 g/mol. The van der Waals surface area contributed by atoms with Gasteiger partial charge in [-0.15, -0.1) is 11.3 Å². The molecule has 0 bridgehead atoms. The van der Waals surface area contributed by atoms with Crippen molar-refractivity contribution in [1.82, 2.24) is 15.2 Å². The number of nitrogens with one attached hydrogen (secondary N) is 1. The standard InChI is InChI=1S/C11H17N3O2S/c1-2-9-13-10(11(15)16)8(17-9)7-14-5-3-12-4-6-14/h12H,2-7H2,1H3,(H,15,16). The predicted octanol–water partition coefficient (Wildman–Crippen LogP) is 0.809. The van der Waals surface area contributed by atoms with Crippen LogP contribution in [0.5, 0.6) is 0 Å². The zero-order chi connectivity index (χ0) is 12.3. The minimum absolute atomic E-state index is 0.241. The molecule has 2 heterocycles. The molecule has 0 unspecified atom stereocenters. The van der Waals surface area contributed by atoms with Crippen LogP contribution < -0.4 is 5.32 Å². The highest BCUT2D eigenvalue weighted by molar-refractivity contribution is 7.11. The number of aryl methyl sites for hydroxylation is 1. The van der Waals surface area contributed by atoms with Crippen LogP contribution in [0.3, 0.4) is 0 Å². The fourth-order valence-electron chi connectivity index (χ4n) is 1.90. The molecule has 0 aromatic carbocycles. The van der Waals surface area contributed by atoms with Crippen LogP contribution in [-0.4, -0.2) is 47.1 Å². The second-order valence-corrected chi connectivity index (χ2v) is 5.23. The van der Waals surface area contributed by atoms with E-state index >= 15 is 0 Å². The number of thiazole rings is 1. The molecule has 6 heteroatoms. The highest BCUT2D eigenvalue weighted by atomic mass is 32.1. The average Bonchev–Trinajstić information content (AvgIpc) is 2.74. The summed E-state index contributed by atoms with van der Waals surface area (Å²) in [5.74, 6) is -0.911. The molecule has 17 heavy (non-hydrogen) atoms. The largest absolute Gasteiger partial charge is 0.476 e. The van der Waals surface area contributed by atoms with Gasteiger partial charge in [-0.1, -0.05) is 6.92 Å². The van der Waals surface area contributed by atoms with Gasteiger partial charge < -0.3 is 10.4 Å². The molecule has 1 saturated heterocycles. The van der Waals surface area contributed by atoms with Crippen molar-refractivity contribution in [2.75, 3.05) is 26.2 Å². The van der Waals surface area contributed by atoms with Crippen molar-refractivity contribution in [1.29, 1.82) is 0 Å². The average molecular weight is 255 g/mol. The quantitative estimate of drug-likeness (QED) is 0.833. The van der Waals surface area contributed by atoms with E-state index in [1.54, 1.807) is 0 Å². The molecule has 1 aliphatic heterocycles. The van der Waals surface area contributed by atoms with Crippen LogP contribution in [0.2, 0.25) is 0 Å². The molecule has 0 amide bonds. The maximum absolute atomic E-state index is 11.1. The molecular weight excluding hydrogens is 238 g/mol. The minimum atomic E-state index is -0.911. The van der Waals surface area contributed by atoms with Gasteiger partial charge in [0.1, 0.15) is 0 Å². The summed E-state index contributed by atoms with van der Waals surface area (Å²) in [5.41, 5.74) is 0.241. The molecule has 2 N–H and O–H groups in total. The van der Waals surface area contributed by atoms with Crippen molar-refractivity contribution in [2.45, 2.75) is 19.9 Å². The maximum atomic E-state index is 11.1. The Morgan fingerprint density at radius 1 is 1.53 bits per heavy atom. The second kappa shape index (κ2) is 5.57. The van der Waals surface area contributed by atoms with E-state index in [4.69, 9.17) is 5.11 Å². The summed E-state index contributed by atoms with van der Waals surface area (Å²) < 4.78 is 0. The first kappa shape index (κ1) is 12.5. The maximum Gasteiger partial charge on any atom is 0.355 e. The first-order valence-corrected chi connectivity index (χ1v) is 6.67. The fraction of sp³-hybridized carbons (Fsp3) is 0.636. The SMILES string of the molecule is CCc1nc(C(=O)O)c(CN2CCNCC2)s1. The van der Waals surface area contributed by atoms with Crippen LogP contribution in [-0.2, 0) is 13.0 Å². The summed E-state index contributed by atoms with van der Waals surface area (Å²) >= 11 is 1.53. The lowest BCUT2D eigenvalue weighted by molar-refractivity contribution is 0.0688. The molecule has 1 aliphatic rings. The molecule has 0 atom stereocenters. The number of carboxylic acid groups (broad SMARTS) is 1. The lowest BCUT2D eigenvalue weighted by Gasteiger charge is -2.26. The van der Waals surface area contributed by atoms with Gasteiger partial charge in [-0.25, -0.2) is 9.78 Å². The Morgan fingerprint density at radius 2 is 2.24 bits per heavy atom. The van der Waals surface area contributed by atoms with Crippen LogP contribution in [0.4, 0.5) is 0 Å². The number of hydrogen-bond donors (Lipinski definition) is 2. The van der Waals surface area contributed by atoms with E-state index in [2.05, 4.69) is 15.2 Å². The van der Waals surface area contributed by atoms with Gasteiger partial charge in [-0.2, -0.15) is 0 Å². The van der Waals surface area contributed by atoms with E-state index in [9.17, 15) is 4.79 Å². The summed E-state index contributed by atoms with van der Waals surface area (Å²) in [6, 6.07) is 0. The normalized spacial score (nSPS) is 17.2. The summed E-state index contributed by atoms with van der Waals surface area (Å²) in [7, 11) is 0. The van der Waals surface area contributed by atoms with Gasteiger partial charge in [0.2, 0.25) is 0 Å². The number of aromatic nitrogens is 1. The van der Waals surface area contributed by atoms with Crippen molar-refractivity contribution in [3.63, 3.8) is 0 Å². The lowest BCUT2D eigenvalue weighted by Crippen LogP contribution is -2.42. The molecule has 0 spiro atoms. The van der Waals surface area contributed by atoms with Gasteiger partial charge in [0, 0.05) is 32.7 Å². The van der Waals surface area contributed by atoms with E-state index in [1.165, 1.54) is 11.3 Å². The number of carbonyl (C=O) groups is 1. The van der Waals surface area contributed by atoms with Gasteiger partial charge in [0.25, 0.3) is 0 Å². The first-order chi connectivity index (χ1) is 8.20. The van der Waals surface area contributed by atoms with Crippen LogP contribution in [0, 0.1) is 0 Å². The van der Waals surface area contributed by atoms with Gasteiger partial charge in [-0.3, -0.25) is 4.90 Å². The zero-order valence-corrected chi connectivity index (χ0v) is 10.7. The highest BCUT2D eigenvalue weighted by Gasteiger charge is 2.19. The third-order valence-corrected chi connectivity index (χ3v) is 4.01. The number of rotatable bonds is 4. The Labute approximate surface area is 104 Å². The highest BCUT2D eigenvalue weighted by Crippen LogP contribution is 2.21. The summed E-state index contributed by atoms with van der Waals surface area (Å²) in [6.45, 7) is 6.60. The second-order valence-electron chi connectivity index (χ2n) is 4.06. The molecule has 0 saturated carbocycles. The molecule has 1 aromatic rings. The number of hydrogen-bond acceptors (Lipinski definition) is 5. The summed E-state index contributed by atoms with van der Waals surface area (Å²) in [5, 5.41) is 13.3. The number of aromatic carboxylic acids is 1. The van der Waals surface area contributed by atoms with Crippen LogP contribution >= 0.6 is 11.3 Å². The zero-order valence-electron chi connectivity index (χ0n) is 9.90. The molecule has 1 aromatic heterocycles. The molecule has 5 nitrogen and oxygen atoms in total. The van der Waals surface area contributed by atoms with E-state index in [0.29, 0.717) is 6.54 Å². The third-order valence-electron chi connectivity index (χ3n) is 2.82. The van der Waals surface area contributed by atoms with Gasteiger partial charge >= 0.3 is 5.97 Å². The van der Waals surface area contributed by atoms with Crippen molar-refractivity contribution in [3.05, 3.63) is 15.6 Å². The Bertz CT molecular complexity index is 399. The van der Waals surface area contributed by atoms with E-state index < -0.39 is 5.97 Å². The van der Waals surface area contributed by atoms with E-state index in [-0.39, 0.29) is 5.69 Å². The van der Waals surface area contributed by atoms with Crippen LogP contribution in [0.1, 0.15) is 27.3 Å². The Morgan fingerprint density at radius 3 is 2.82 bits per heavy atom. The minimum Gasteiger partial charge on any atom is -0.476 e. The van der Waals surface area contributed by atoms with Crippen molar-refractivity contribution < 1.29 is 9.90 Å². The Balaban J connectivity index is 2.12. The van der Waals surface area contributed by atoms with Crippen LogP contribution in [0.15, 0.2) is 0 Å². The van der Waals surface area contributed by atoms with Crippen molar-refractivity contribution in [3.8, 4) is 0 Å². The van der Waals surface area contributed by atoms with Crippen molar-refractivity contribution in [2.24, 2.45) is 0 Å². The van der Waals surface area contributed by atoms with Crippen LogP contribution in [0.25, 0.3) is 0 Å². The predicted molar refractivity (Wildman–Crippen MR) is 66.6 cm³/mol. The molecule has 0 aliphatic carbocycles. The molecule has 1 fully saturated rings. The Kier molecular flexibility index (Phi) is 4.09. The number of carboxylic acids is 1. The van der Waals surface area contributed by atoms with Crippen molar-refractivity contribution >= 4 is 17.3 Å². The molecule has 94 valence electrons. The van der Waals surface area contributed by atoms with E-state index in [0.717, 1.165) is 42.5 Å². The fourth-order valence-corrected chi connectivity index (χ4v) is 2.94. The van der Waals surface area contributed by atoms with E-state index in [1.807, 2.05) is 6.92 Å². The molecule has 0 radical (unpaired) electrons.